The summed E-state index contributed by atoms with van der Waals surface area (Å²) in [6, 6.07) is 0.597. The van der Waals surface area contributed by atoms with Crippen LogP contribution in [0, 0.1) is 17.8 Å². The quantitative estimate of drug-likeness (QED) is 0.556. The molecule has 2 nitrogen and oxygen atoms in total. The van der Waals surface area contributed by atoms with Gasteiger partial charge in [0, 0.05) is 6.04 Å². The van der Waals surface area contributed by atoms with Crippen molar-refractivity contribution >= 4 is 0 Å². The molecular formula is C14H28N2. The molecule has 0 aromatic rings. The van der Waals surface area contributed by atoms with Gasteiger partial charge >= 0.3 is 0 Å². The molecule has 0 saturated heterocycles. The van der Waals surface area contributed by atoms with Crippen LogP contribution >= 0.6 is 0 Å². The molecule has 2 saturated carbocycles. The van der Waals surface area contributed by atoms with E-state index >= 15 is 0 Å². The summed E-state index contributed by atoms with van der Waals surface area (Å²) in [5.74, 6) is 8.56. The maximum atomic E-state index is 5.77. The average Bonchev–Trinajstić information content (AvgIpc) is 2.28. The van der Waals surface area contributed by atoms with E-state index in [2.05, 4.69) is 12.3 Å². The third-order valence-electron chi connectivity index (χ3n) is 5.00. The van der Waals surface area contributed by atoms with Gasteiger partial charge in [-0.2, -0.15) is 0 Å². The van der Waals surface area contributed by atoms with Gasteiger partial charge in [0.15, 0.2) is 0 Å². The van der Waals surface area contributed by atoms with Gasteiger partial charge in [-0.25, -0.2) is 0 Å². The zero-order valence-corrected chi connectivity index (χ0v) is 10.8. The van der Waals surface area contributed by atoms with E-state index in [1.165, 1.54) is 57.8 Å². The predicted octanol–water partition coefficient (Wildman–Crippen LogP) is 3.22. The minimum atomic E-state index is 0.597. The van der Waals surface area contributed by atoms with Crippen molar-refractivity contribution in [1.29, 1.82) is 0 Å². The van der Waals surface area contributed by atoms with Gasteiger partial charge in [0.25, 0.3) is 0 Å². The Morgan fingerprint density at radius 2 is 1.81 bits per heavy atom. The van der Waals surface area contributed by atoms with Crippen molar-refractivity contribution in [3.63, 3.8) is 0 Å². The number of rotatable bonds is 5. The summed E-state index contributed by atoms with van der Waals surface area (Å²) in [6.45, 7) is 2.34. The number of hydrazine groups is 1. The number of hydrogen-bond acceptors (Lipinski definition) is 2. The highest BCUT2D eigenvalue weighted by Gasteiger charge is 2.30. The maximum Gasteiger partial charge on any atom is 0.0241 e. The molecule has 2 fully saturated rings. The summed E-state index contributed by atoms with van der Waals surface area (Å²) in [5, 5.41) is 0. The standard InChI is InChI=1S/C14H28N2/c1-2-11-5-4-8-13(9-11)14(16-15)10-12-6-3-7-12/h11-14,16H,2-10,15H2,1H3. The molecule has 94 valence electrons. The van der Waals surface area contributed by atoms with Crippen molar-refractivity contribution in [2.24, 2.45) is 23.6 Å². The topological polar surface area (TPSA) is 38.0 Å². The predicted molar refractivity (Wildman–Crippen MR) is 68.8 cm³/mol. The molecule has 2 aliphatic rings. The van der Waals surface area contributed by atoms with Crippen LogP contribution in [-0.4, -0.2) is 6.04 Å². The van der Waals surface area contributed by atoms with Gasteiger partial charge in [0.2, 0.25) is 0 Å². The highest BCUT2D eigenvalue weighted by atomic mass is 15.2. The lowest BCUT2D eigenvalue weighted by atomic mass is 9.72. The molecule has 0 aliphatic heterocycles. The molecule has 0 aromatic heterocycles. The van der Waals surface area contributed by atoms with E-state index in [1.54, 1.807) is 0 Å². The Labute approximate surface area is 100 Å². The first-order chi connectivity index (χ1) is 7.83. The van der Waals surface area contributed by atoms with Crippen LogP contribution in [0.25, 0.3) is 0 Å². The summed E-state index contributed by atoms with van der Waals surface area (Å²) >= 11 is 0. The smallest absolute Gasteiger partial charge is 0.0241 e. The molecule has 2 heteroatoms. The lowest BCUT2D eigenvalue weighted by Gasteiger charge is -2.37. The van der Waals surface area contributed by atoms with Gasteiger partial charge in [0.05, 0.1) is 0 Å². The summed E-state index contributed by atoms with van der Waals surface area (Å²) in [7, 11) is 0. The fourth-order valence-corrected chi connectivity index (χ4v) is 3.55. The summed E-state index contributed by atoms with van der Waals surface area (Å²) < 4.78 is 0. The summed E-state index contributed by atoms with van der Waals surface area (Å²) in [4.78, 5) is 0. The van der Waals surface area contributed by atoms with Gasteiger partial charge in [-0.05, 0) is 37.0 Å². The minimum absolute atomic E-state index is 0.597. The van der Waals surface area contributed by atoms with Crippen LogP contribution in [0.1, 0.15) is 64.7 Å². The SMILES string of the molecule is CCC1CCCC(C(CC2CCC2)NN)C1. The fourth-order valence-electron chi connectivity index (χ4n) is 3.55. The normalized spacial score (nSPS) is 33.4. The number of nitrogens with one attached hydrogen (secondary N) is 1. The van der Waals surface area contributed by atoms with Crippen LogP contribution in [0.5, 0.6) is 0 Å². The Balaban J connectivity index is 1.81. The van der Waals surface area contributed by atoms with E-state index in [9.17, 15) is 0 Å². The second-order valence-corrected chi connectivity index (χ2v) is 6.01. The third-order valence-corrected chi connectivity index (χ3v) is 5.00. The first-order valence-electron chi connectivity index (χ1n) is 7.29. The lowest BCUT2D eigenvalue weighted by molar-refractivity contribution is 0.165. The van der Waals surface area contributed by atoms with Crippen molar-refractivity contribution in [2.75, 3.05) is 0 Å². The van der Waals surface area contributed by atoms with Gasteiger partial charge in [-0.15, -0.1) is 0 Å². The first-order valence-corrected chi connectivity index (χ1v) is 7.29. The van der Waals surface area contributed by atoms with Gasteiger partial charge in [-0.1, -0.05) is 45.4 Å². The molecule has 2 rings (SSSR count). The van der Waals surface area contributed by atoms with Gasteiger partial charge < -0.3 is 0 Å². The van der Waals surface area contributed by atoms with E-state index in [0.29, 0.717) is 6.04 Å². The molecule has 0 aromatic carbocycles. The van der Waals surface area contributed by atoms with Crippen molar-refractivity contribution in [1.82, 2.24) is 5.43 Å². The summed E-state index contributed by atoms with van der Waals surface area (Å²) in [5.41, 5.74) is 3.12. The molecular weight excluding hydrogens is 196 g/mol. The van der Waals surface area contributed by atoms with Crippen LogP contribution in [-0.2, 0) is 0 Å². The molecule has 3 N–H and O–H groups in total. The maximum absolute atomic E-state index is 5.77. The van der Waals surface area contributed by atoms with Crippen molar-refractivity contribution in [3.05, 3.63) is 0 Å². The van der Waals surface area contributed by atoms with Crippen molar-refractivity contribution in [2.45, 2.75) is 70.8 Å². The number of hydrogen-bond donors (Lipinski definition) is 2. The minimum Gasteiger partial charge on any atom is -0.271 e. The van der Waals surface area contributed by atoms with Crippen LogP contribution in [0.15, 0.2) is 0 Å². The lowest BCUT2D eigenvalue weighted by Crippen LogP contribution is -2.44. The zero-order valence-electron chi connectivity index (χ0n) is 10.8. The van der Waals surface area contributed by atoms with E-state index < -0.39 is 0 Å². The fraction of sp³-hybridized carbons (Fsp3) is 1.00. The summed E-state index contributed by atoms with van der Waals surface area (Å²) in [6.07, 6.45) is 12.7. The van der Waals surface area contributed by atoms with Crippen molar-refractivity contribution < 1.29 is 0 Å². The second kappa shape index (κ2) is 6.02. The third kappa shape index (κ3) is 2.98. The molecule has 0 radical (unpaired) electrons. The van der Waals surface area contributed by atoms with Crippen LogP contribution in [0.2, 0.25) is 0 Å². The zero-order chi connectivity index (χ0) is 11.4. The Morgan fingerprint density at radius 1 is 1.12 bits per heavy atom. The Hall–Kier alpha value is -0.0800. The van der Waals surface area contributed by atoms with Crippen LogP contribution < -0.4 is 11.3 Å². The Morgan fingerprint density at radius 3 is 2.38 bits per heavy atom. The largest absolute Gasteiger partial charge is 0.271 e. The van der Waals surface area contributed by atoms with E-state index in [1.807, 2.05) is 0 Å². The molecule has 16 heavy (non-hydrogen) atoms. The second-order valence-electron chi connectivity index (χ2n) is 6.01. The van der Waals surface area contributed by atoms with Gasteiger partial charge in [-0.3, -0.25) is 11.3 Å². The molecule has 2 aliphatic carbocycles. The first kappa shape index (κ1) is 12.4. The van der Waals surface area contributed by atoms with Crippen LogP contribution in [0.3, 0.4) is 0 Å². The number of nitrogens with two attached hydrogens (primary N) is 1. The van der Waals surface area contributed by atoms with Crippen LogP contribution in [0.4, 0.5) is 0 Å². The molecule has 0 amide bonds. The highest BCUT2D eigenvalue weighted by Crippen LogP contribution is 2.37. The van der Waals surface area contributed by atoms with Gasteiger partial charge in [0.1, 0.15) is 0 Å². The Kier molecular flexibility index (Phi) is 4.66. The average molecular weight is 224 g/mol. The molecule has 0 spiro atoms. The molecule has 0 bridgehead atoms. The Bertz CT molecular complexity index is 199. The monoisotopic (exact) mass is 224 g/mol. The molecule has 3 unspecified atom stereocenters. The molecule has 3 atom stereocenters. The van der Waals surface area contributed by atoms with Crippen molar-refractivity contribution in [3.8, 4) is 0 Å². The molecule has 0 heterocycles. The van der Waals surface area contributed by atoms with E-state index in [4.69, 9.17) is 5.84 Å². The van der Waals surface area contributed by atoms with E-state index in [0.717, 1.165) is 17.8 Å². The highest BCUT2D eigenvalue weighted by molar-refractivity contribution is 4.84. The van der Waals surface area contributed by atoms with E-state index in [-0.39, 0.29) is 0 Å².